The van der Waals surface area contributed by atoms with E-state index in [-0.39, 0.29) is 17.8 Å². The standard InChI is InChI=1S/C23H28FN3O3/c1-16-7-8-18(15-20(16)24)26-23(29)27-13-10-17(11-14-27)9-12-25-22(28)19-5-3-4-6-21(19)30-2/h3-8,15,17H,9-14H2,1-2H3,(H,25,28)(H,26,29). The number of likely N-dealkylation sites (tertiary alicyclic amines) is 1. The van der Waals surface area contributed by atoms with Crippen molar-refractivity contribution in [3.05, 3.63) is 59.4 Å². The van der Waals surface area contributed by atoms with E-state index in [1.807, 2.05) is 12.1 Å². The number of nitrogens with one attached hydrogen (secondary N) is 2. The second kappa shape index (κ2) is 10.1. The molecule has 0 aliphatic carbocycles. The molecule has 3 rings (SSSR count). The molecular weight excluding hydrogens is 385 g/mol. The van der Waals surface area contributed by atoms with E-state index in [2.05, 4.69) is 10.6 Å². The highest BCUT2D eigenvalue weighted by Crippen LogP contribution is 2.22. The number of rotatable bonds is 6. The number of carbonyl (C=O) groups excluding carboxylic acids is 2. The van der Waals surface area contributed by atoms with Gasteiger partial charge >= 0.3 is 6.03 Å². The zero-order valence-electron chi connectivity index (χ0n) is 17.4. The number of urea groups is 1. The van der Waals surface area contributed by atoms with Gasteiger partial charge in [0.05, 0.1) is 12.7 Å². The van der Waals surface area contributed by atoms with Crippen LogP contribution in [0.4, 0.5) is 14.9 Å². The van der Waals surface area contributed by atoms with E-state index >= 15 is 0 Å². The number of hydrogen-bond donors (Lipinski definition) is 2. The molecule has 1 aliphatic heterocycles. The van der Waals surface area contributed by atoms with Crippen molar-refractivity contribution in [1.29, 1.82) is 0 Å². The van der Waals surface area contributed by atoms with Crippen molar-refractivity contribution in [2.45, 2.75) is 26.2 Å². The van der Waals surface area contributed by atoms with Gasteiger partial charge in [0.25, 0.3) is 5.91 Å². The van der Waals surface area contributed by atoms with Gasteiger partial charge in [0, 0.05) is 25.3 Å². The van der Waals surface area contributed by atoms with Gasteiger partial charge in [0.2, 0.25) is 0 Å². The van der Waals surface area contributed by atoms with Gasteiger partial charge in [-0.25, -0.2) is 9.18 Å². The molecule has 0 aromatic heterocycles. The summed E-state index contributed by atoms with van der Waals surface area (Å²) in [6.07, 6.45) is 2.61. The predicted molar refractivity (Wildman–Crippen MR) is 114 cm³/mol. The van der Waals surface area contributed by atoms with E-state index in [1.54, 1.807) is 43.2 Å². The van der Waals surface area contributed by atoms with Crippen molar-refractivity contribution < 1.29 is 18.7 Å². The van der Waals surface area contributed by atoms with Crippen molar-refractivity contribution in [3.8, 4) is 5.75 Å². The Morgan fingerprint density at radius 3 is 2.60 bits per heavy atom. The lowest BCUT2D eigenvalue weighted by Gasteiger charge is -2.32. The monoisotopic (exact) mass is 413 g/mol. The fourth-order valence-corrected chi connectivity index (χ4v) is 3.62. The molecule has 30 heavy (non-hydrogen) atoms. The Labute approximate surface area is 176 Å². The summed E-state index contributed by atoms with van der Waals surface area (Å²) in [5.74, 6) is 0.530. The number of benzene rings is 2. The number of ether oxygens (including phenoxy) is 1. The SMILES string of the molecule is COc1ccccc1C(=O)NCCC1CCN(C(=O)Nc2ccc(C)c(F)c2)CC1. The fourth-order valence-electron chi connectivity index (χ4n) is 3.62. The minimum Gasteiger partial charge on any atom is -0.496 e. The van der Waals surface area contributed by atoms with Crippen molar-refractivity contribution in [1.82, 2.24) is 10.2 Å². The molecule has 0 saturated carbocycles. The van der Waals surface area contributed by atoms with Crippen LogP contribution in [0.25, 0.3) is 0 Å². The Bertz CT molecular complexity index is 895. The number of methoxy groups -OCH3 is 1. The van der Waals surface area contributed by atoms with E-state index in [0.717, 1.165) is 19.3 Å². The van der Waals surface area contributed by atoms with Gasteiger partial charge in [-0.15, -0.1) is 0 Å². The first-order valence-corrected chi connectivity index (χ1v) is 10.2. The van der Waals surface area contributed by atoms with Gasteiger partial charge in [0.1, 0.15) is 11.6 Å². The summed E-state index contributed by atoms with van der Waals surface area (Å²) in [6, 6.07) is 11.6. The first-order chi connectivity index (χ1) is 14.5. The molecule has 0 radical (unpaired) electrons. The molecule has 7 heteroatoms. The number of para-hydroxylation sites is 1. The third kappa shape index (κ3) is 5.49. The van der Waals surface area contributed by atoms with Crippen LogP contribution in [0.3, 0.4) is 0 Å². The number of nitrogens with zero attached hydrogens (tertiary/aromatic N) is 1. The number of amides is 3. The number of aryl methyl sites for hydroxylation is 1. The van der Waals surface area contributed by atoms with Gasteiger partial charge in [-0.1, -0.05) is 18.2 Å². The molecule has 0 spiro atoms. The van der Waals surface area contributed by atoms with Crippen LogP contribution in [0, 0.1) is 18.7 Å². The van der Waals surface area contributed by atoms with Crippen LogP contribution < -0.4 is 15.4 Å². The molecule has 0 unspecified atom stereocenters. The van der Waals surface area contributed by atoms with E-state index in [0.29, 0.717) is 48.1 Å². The Hall–Kier alpha value is -3.09. The van der Waals surface area contributed by atoms with Crippen molar-refractivity contribution in [2.24, 2.45) is 5.92 Å². The molecule has 2 aromatic rings. The summed E-state index contributed by atoms with van der Waals surface area (Å²) in [4.78, 5) is 26.5. The minimum atomic E-state index is -0.332. The summed E-state index contributed by atoms with van der Waals surface area (Å²) in [6.45, 7) is 3.55. The smallest absolute Gasteiger partial charge is 0.321 e. The van der Waals surface area contributed by atoms with Crippen LogP contribution in [0.1, 0.15) is 35.2 Å². The van der Waals surface area contributed by atoms with Gasteiger partial charge in [-0.3, -0.25) is 4.79 Å². The van der Waals surface area contributed by atoms with Crippen LogP contribution in [-0.4, -0.2) is 43.6 Å². The lowest BCUT2D eigenvalue weighted by atomic mass is 9.93. The maximum absolute atomic E-state index is 13.6. The highest BCUT2D eigenvalue weighted by atomic mass is 19.1. The second-order valence-electron chi connectivity index (χ2n) is 7.57. The number of piperidine rings is 1. The second-order valence-corrected chi connectivity index (χ2v) is 7.57. The lowest BCUT2D eigenvalue weighted by Crippen LogP contribution is -2.41. The summed E-state index contributed by atoms with van der Waals surface area (Å²) < 4.78 is 18.9. The van der Waals surface area contributed by atoms with E-state index < -0.39 is 0 Å². The zero-order valence-corrected chi connectivity index (χ0v) is 17.4. The molecule has 0 bridgehead atoms. The Balaban J connectivity index is 1.40. The summed E-state index contributed by atoms with van der Waals surface area (Å²) >= 11 is 0. The molecule has 1 saturated heterocycles. The number of carbonyl (C=O) groups is 2. The molecule has 1 aliphatic rings. The first kappa shape index (κ1) is 21.6. The highest BCUT2D eigenvalue weighted by molar-refractivity contribution is 5.96. The third-order valence-electron chi connectivity index (χ3n) is 5.51. The predicted octanol–water partition coefficient (Wildman–Crippen LogP) is 4.21. The summed E-state index contributed by atoms with van der Waals surface area (Å²) in [7, 11) is 1.55. The Kier molecular flexibility index (Phi) is 7.27. The Morgan fingerprint density at radius 2 is 1.90 bits per heavy atom. The van der Waals surface area contributed by atoms with E-state index in [9.17, 15) is 14.0 Å². The highest BCUT2D eigenvalue weighted by Gasteiger charge is 2.23. The fraction of sp³-hybridized carbons (Fsp3) is 0.391. The van der Waals surface area contributed by atoms with Crippen LogP contribution >= 0.6 is 0 Å². The molecule has 6 nitrogen and oxygen atoms in total. The topological polar surface area (TPSA) is 70.7 Å². The normalized spacial score (nSPS) is 14.3. The summed E-state index contributed by atoms with van der Waals surface area (Å²) in [5.41, 5.74) is 1.54. The zero-order chi connectivity index (χ0) is 21.5. The molecule has 1 heterocycles. The molecule has 0 atom stereocenters. The van der Waals surface area contributed by atoms with Gasteiger partial charge in [0.15, 0.2) is 0 Å². The maximum Gasteiger partial charge on any atom is 0.321 e. The number of hydrogen-bond acceptors (Lipinski definition) is 3. The minimum absolute atomic E-state index is 0.144. The van der Waals surface area contributed by atoms with Crippen LogP contribution in [-0.2, 0) is 0 Å². The molecule has 2 N–H and O–H groups in total. The van der Waals surface area contributed by atoms with Gasteiger partial charge in [-0.2, -0.15) is 0 Å². The molecular formula is C23H28FN3O3. The third-order valence-corrected chi connectivity index (χ3v) is 5.51. The van der Waals surface area contributed by atoms with E-state index in [4.69, 9.17) is 4.74 Å². The van der Waals surface area contributed by atoms with Crippen molar-refractivity contribution >= 4 is 17.6 Å². The average molecular weight is 413 g/mol. The van der Waals surface area contributed by atoms with Crippen molar-refractivity contribution in [2.75, 3.05) is 32.1 Å². The first-order valence-electron chi connectivity index (χ1n) is 10.2. The van der Waals surface area contributed by atoms with E-state index in [1.165, 1.54) is 6.07 Å². The number of anilines is 1. The number of halogens is 1. The lowest BCUT2D eigenvalue weighted by molar-refractivity contribution is 0.0946. The average Bonchev–Trinajstić information content (AvgIpc) is 2.76. The molecule has 3 amide bonds. The quantitative estimate of drug-likeness (QED) is 0.745. The molecule has 160 valence electrons. The van der Waals surface area contributed by atoms with Crippen LogP contribution in [0.5, 0.6) is 5.75 Å². The van der Waals surface area contributed by atoms with Gasteiger partial charge < -0.3 is 20.3 Å². The van der Waals surface area contributed by atoms with Crippen LogP contribution in [0.2, 0.25) is 0 Å². The summed E-state index contributed by atoms with van der Waals surface area (Å²) in [5, 5.41) is 5.71. The van der Waals surface area contributed by atoms with Gasteiger partial charge in [-0.05, 0) is 61.9 Å². The Morgan fingerprint density at radius 1 is 1.17 bits per heavy atom. The largest absolute Gasteiger partial charge is 0.496 e. The van der Waals surface area contributed by atoms with Crippen molar-refractivity contribution in [3.63, 3.8) is 0 Å². The van der Waals surface area contributed by atoms with Crippen LogP contribution in [0.15, 0.2) is 42.5 Å². The maximum atomic E-state index is 13.6. The molecule has 2 aromatic carbocycles. The molecule has 1 fully saturated rings.